The van der Waals surface area contributed by atoms with Crippen molar-refractivity contribution in [2.24, 2.45) is 5.73 Å². The Balaban J connectivity index is 1.66. The van der Waals surface area contributed by atoms with Crippen LogP contribution < -0.4 is 26.1 Å². The van der Waals surface area contributed by atoms with E-state index in [2.05, 4.69) is 10.3 Å². The summed E-state index contributed by atoms with van der Waals surface area (Å²) in [7, 11) is 1.39. The number of pyridine rings is 1. The summed E-state index contributed by atoms with van der Waals surface area (Å²) in [5.74, 6) is -2.60. The smallest absolute Gasteiger partial charge is 0.265 e. The second-order valence-corrected chi connectivity index (χ2v) is 8.93. The van der Waals surface area contributed by atoms with E-state index in [1.54, 1.807) is 36.4 Å². The number of carbonyl (C=O) groups excluding carboxylic acids is 2. The zero-order valence-corrected chi connectivity index (χ0v) is 21.5. The quantitative estimate of drug-likeness (QED) is 0.173. The van der Waals surface area contributed by atoms with E-state index in [1.165, 1.54) is 35.9 Å². The molecule has 0 radical (unpaired) electrons. The average molecular weight is 549 g/mol. The lowest BCUT2D eigenvalue weighted by atomic mass is 9.88. The van der Waals surface area contributed by atoms with Crippen LogP contribution in [-0.4, -0.2) is 56.8 Å². The van der Waals surface area contributed by atoms with Gasteiger partial charge in [0.05, 0.1) is 12.7 Å². The average Bonchev–Trinajstić information content (AvgIpc) is 2.93. The fourth-order valence-electron chi connectivity index (χ4n) is 4.28. The van der Waals surface area contributed by atoms with Gasteiger partial charge in [0.2, 0.25) is 11.8 Å². The highest BCUT2D eigenvalue weighted by atomic mass is 16.5. The van der Waals surface area contributed by atoms with Gasteiger partial charge in [-0.25, -0.2) is 0 Å². The molecule has 0 aliphatic carbocycles. The molecule has 208 valence electrons. The maximum atomic E-state index is 13.5. The summed E-state index contributed by atoms with van der Waals surface area (Å²) in [5.41, 5.74) is 5.91. The number of aromatic nitrogens is 2. The number of ether oxygens (including phenoxy) is 2. The number of nitrogens with zero attached hydrogens (tertiary/aromatic N) is 2. The topological polar surface area (TPSA) is 186 Å². The van der Waals surface area contributed by atoms with Crippen molar-refractivity contribution < 1.29 is 34.4 Å². The van der Waals surface area contributed by atoms with Crippen molar-refractivity contribution >= 4 is 17.5 Å². The van der Waals surface area contributed by atoms with Crippen molar-refractivity contribution in [2.75, 3.05) is 20.3 Å². The predicted molar refractivity (Wildman–Crippen MR) is 144 cm³/mol. The Morgan fingerprint density at radius 1 is 1.05 bits per heavy atom. The first-order valence-electron chi connectivity index (χ1n) is 12.2. The Bertz CT molecular complexity index is 1620. The lowest BCUT2D eigenvalue weighted by Gasteiger charge is -2.20. The summed E-state index contributed by atoms with van der Waals surface area (Å²) in [6, 6.07) is 13.9. The fourth-order valence-corrected chi connectivity index (χ4v) is 4.28. The van der Waals surface area contributed by atoms with E-state index in [4.69, 9.17) is 15.2 Å². The number of phenolic OH excluding ortho intramolecular Hbond substituents is 2. The van der Waals surface area contributed by atoms with Crippen LogP contribution in [0.4, 0.5) is 0 Å². The lowest BCUT2D eigenvalue weighted by Crippen LogP contribution is -2.30. The van der Waals surface area contributed by atoms with Crippen LogP contribution in [-0.2, 0) is 16.0 Å². The first kappa shape index (κ1) is 27.8. The second-order valence-electron chi connectivity index (χ2n) is 8.93. The highest BCUT2D eigenvalue weighted by Crippen LogP contribution is 2.36. The number of nitrogens with two attached hydrogens (primary N) is 1. The highest BCUT2D eigenvalue weighted by Gasteiger charge is 2.27. The number of amides is 2. The van der Waals surface area contributed by atoms with Gasteiger partial charge in [0.25, 0.3) is 11.5 Å². The number of methoxy groups -OCH3 is 1. The fraction of sp³-hybridized carbons (Fsp3) is 0.214. The molecule has 40 heavy (non-hydrogen) atoms. The largest absolute Gasteiger partial charge is 0.504 e. The number of carbonyl (C=O) groups is 2. The summed E-state index contributed by atoms with van der Waals surface area (Å²) in [4.78, 5) is 41.9. The molecule has 1 atom stereocenters. The van der Waals surface area contributed by atoms with E-state index < -0.39 is 29.2 Å². The molecule has 4 rings (SSSR count). The number of phenols is 2. The van der Waals surface area contributed by atoms with E-state index in [1.807, 2.05) is 0 Å². The van der Waals surface area contributed by atoms with Crippen molar-refractivity contribution in [1.29, 1.82) is 0 Å². The van der Waals surface area contributed by atoms with Crippen LogP contribution in [0.15, 0.2) is 65.6 Å². The van der Waals surface area contributed by atoms with Crippen molar-refractivity contribution in [3.05, 3.63) is 87.8 Å². The number of benzene rings is 2. The van der Waals surface area contributed by atoms with Crippen LogP contribution in [0.1, 0.15) is 29.0 Å². The van der Waals surface area contributed by atoms with Crippen LogP contribution >= 0.6 is 0 Å². The molecule has 2 aromatic carbocycles. The molecule has 1 unspecified atom stereocenters. The molecule has 0 fully saturated rings. The Kier molecular flexibility index (Phi) is 8.38. The standard InChI is InChI=1S/C28H28N4O8/c1-39-22-13-17(6-8-21(22)40-15-23(29)35)18(26-27(37)31-24-4-2-3-11-32(24)28(26)38)14-25(36)30-10-9-16-5-7-19(33)20(34)12-16/h2-8,11-13,18,33-34,37H,9-10,14-15H2,1H3,(H2,29,35)(H,30,36). The van der Waals surface area contributed by atoms with Crippen LogP contribution in [0.5, 0.6) is 28.9 Å². The summed E-state index contributed by atoms with van der Waals surface area (Å²) >= 11 is 0. The number of nitrogens with one attached hydrogen (secondary N) is 1. The second kappa shape index (κ2) is 12.1. The zero-order chi connectivity index (χ0) is 28.8. The van der Waals surface area contributed by atoms with Gasteiger partial charge in [0, 0.05) is 25.1 Å². The first-order chi connectivity index (χ1) is 19.2. The maximum absolute atomic E-state index is 13.5. The van der Waals surface area contributed by atoms with Crippen LogP contribution in [0.25, 0.3) is 5.65 Å². The third kappa shape index (κ3) is 6.23. The summed E-state index contributed by atoms with van der Waals surface area (Å²) in [6.45, 7) is -0.170. The summed E-state index contributed by atoms with van der Waals surface area (Å²) in [5, 5.41) is 32.8. The van der Waals surface area contributed by atoms with Gasteiger partial charge >= 0.3 is 0 Å². The van der Waals surface area contributed by atoms with Crippen LogP contribution in [0.2, 0.25) is 0 Å². The molecule has 12 nitrogen and oxygen atoms in total. The minimum absolute atomic E-state index is 0.0878. The molecule has 0 aliphatic heterocycles. The van der Waals surface area contributed by atoms with Gasteiger partial charge in [-0.2, -0.15) is 4.98 Å². The number of primary amides is 1. The maximum Gasteiger partial charge on any atom is 0.265 e. The molecule has 0 bridgehead atoms. The third-order valence-corrected chi connectivity index (χ3v) is 6.22. The van der Waals surface area contributed by atoms with Crippen molar-refractivity contribution in [1.82, 2.24) is 14.7 Å². The molecular weight excluding hydrogens is 520 g/mol. The number of hydrogen-bond acceptors (Lipinski definition) is 9. The number of fused-ring (bicyclic) bond motifs is 1. The number of rotatable bonds is 11. The van der Waals surface area contributed by atoms with E-state index in [0.717, 1.165) is 0 Å². The number of aromatic hydroxyl groups is 3. The number of hydrogen-bond donors (Lipinski definition) is 5. The molecule has 2 heterocycles. The SMILES string of the molecule is COc1cc(C(CC(=O)NCCc2ccc(O)c(O)c2)c2c(O)nc3ccccn3c2=O)ccc1OCC(N)=O. The molecule has 12 heteroatoms. The van der Waals surface area contributed by atoms with E-state index >= 15 is 0 Å². The molecule has 6 N–H and O–H groups in total. The van der Waals surface area contributed by atoms with Crippen LogP contribution in [0, 0.1) is 0 Å². The molecule has 0 spiro atoms. The molecular formula is C28H28N4O8. The van der Waals surface area contributed by atoms with Crippen molar-refractivity contribution in [3.63, 3.8) is 0 Å². The Morgan fingerprint density at radius 3 is 2.58 bits per heavy atom. The van der Waals surface area contributed by atoms with Gasteiger partial charge in [-0.3, -0.25) is 18.8 Å². The van der Waals surface area contributed by atoms with E-state index in [9.17, 15) is 29.7 Å². The molecule has 4 aromatic rings. The van der Waals surface area contributed by atoms with Gasteiger partial charge in [0.1, 0.15) is 5.65 Å². The van der Waals surface area contributed by atoms with E-state index in [0.29, 0.717) is 17.5 Å². The molecule has 0 aliphatic rings. The first-order valence-corrected chi connectivity index (χ1v) is 12.2. The highest BCUT2D eigenvalue weighted by molar-refractivity contribution is 5.78. The van der Waals surface area contributed by atoms with E-state index in [-0.39, 0.29) is 53.8 Å². The molecule has 2 aromatic heterocycles. The Labute approximate surface area is 228 Å². The van der Waals surface area contributed by atoms with Gasteiger partial charge < -0.3 is 35.8 Å². The minimum Gasteiger partial charge on any atom is -0.504 e. The zero-order valence-electron chi connectivity index (χ0n) is 21.5. The van der Waals surface area contributed by atoms with Gasteiger partial charge in [0.15, 0.2) is 29.6 Å². The summed E-state index contributed by atoms with van der Waals surface area (Å²) < 4.78 is 12.1. The van der Waals surface area contributed by atoms with Crippen molar-refractivity contribution in [2.45, 2.75) is 18.8 Å². The van der Waals surface area contributed by atoms with Crippen molar-refractivity contribution in [3.8, 4) is 28.9 Å². The summed E-state index contributed by atoms with van der Waals surface area (Å²) in [6.07, 6.45) is 1.66. The normalized spacial score (nSPS) is 11.6. The monoisotopic (exact) mass is 548 g/mol. The van der Waals surface area contributed by atoms with Crippen LogP contribution in [0.3, 0.4) is 0 Å². The Hall–Kier alpha value is -5.26. The van der Waals surface area contributed by atoms with Gasteiger partial charge in [-0.15, -0.1) is 0 Å². The van der Waals surface area contributed by atoms with Gasteiger partial charge in [-0.05, 0) is 53.9 Å². The lowest BCUT2D eigenvalue weighted by molar-refractivity contribution is -0.121. The molecule has 0 saturated heterocycles. The third-order valence-electron chi connectivity index (χ3n) is 6.22. The molecule has 2 amide bonds. The van der Waals surface area contributed by atoms with Gasteiger partial charge in [-0.1, -0.05) is 18.2 Å². The Morgan fingerprint density at radius 2 is 1.85 bits per heavy atom. The minimum atomic E-state index is -0.936. The predicted octanol–water partition coefficient (Wildman–Crippen LogP) is 1.56. The molecule has 0 saturated carbocycles.